The fraction of sp³-hybridized carbons (Fsp3) is 0.0714. The van der Waals surface area contributed by atoms with Crippen LogP contribution in [0.2, 0.25) is 5.15 Å². The molecule has 0 fully saturated rings. The molecule has 0 radical (unpaired) electrons. The van der Waals surface area contributed by atoms with Crippen molar-refractivity contribution in [2.45, 2.75) is 6.54 Å². The first-order valence-electron chi connectivity index (χ1n) is 6.00. The van der Waals surface area contributed by atoms with Crippen LogP contribution in [-0.4, -0.2) is 20.7 Å². The van der Waals surface area contributed by atoms with Crippen molar-refractivity contribution in [1.29, 1.82) is 0 Å². The number of nitrogens with two attached hydrogens (primary N) is 1. The Morgan fingerprint density at radius 3 is 2.95 bits per heavy atom. The lowest BCUT2D eigenvalue weighted by Crippen LogP contribution is -2.19. The van der Waals surface area contributed by atoms with E-state index < -0.39 is 5.91 Å². The minimum Gasteiger partial charge on any atom is -0.368 e. The molecule has 20 heavy (non-hydrogen) atoms. The van der Waals surface area contributed by atoms with Crippen LogP contribution in [0.3, 0.4) is 0 Å². The summed E-state index contributed by atoms with van der Waals surface area (Å²) in [7, 11) is 0. The highest BCUT2D eigenvalue weighted by molar-refractivity contribution is 6.32. The molecule has 100 valence electrons. The fourth-order valence-electron chi connectivity index (χ4n) is 2.11. The molecule has 0 aliphatic rings. The number of amides is 1. The van der Waals surface area contributed by atoms with Crippen LogP contribution in [0.4, 0.5) is 0 Å². The van der Waals surface area contributed by atoms with Crippen LogP contribution in [0, 0.1) is 0 Å². The van der Waals surface area contributed by atoms with Gasteiger partial charge in [0.2, 0.25) is 5.91 Å². The molecule has 3 rings (SSSR count). The summed E-state index contributed by atoms with van der Waals surface area (Å²) >= 11 is 6.10. The quantitative estimate of drug-likeness (QED) is 0.750. The molecule has 1 amide bonds. The van der Waals surface area contributed by atoms with Gasteiger partial charge in [-0.3, -0.25) is 9.48 Å². The Balaban J connectivity index is 2.14. The number of hydrogen-bond donors (Lipinski definition) is 1. The van der Waals surface area contributed by atoms with Gasteiger partial charge in [-0.2, -0.15) is 5.10 Å². The Bertz CT molecular complexity index is 797. The third-order valence-corrected chi connectivity index (χ3v) is 3.32. The van der Waals surface area contributed by atoms with E-state index in [1.54, 1.807) is 17.1 Å². The zero-order valence-corrected chi connectivity index (χ0v) is 11.2. The number of carbonyl (C=O) groups is 1. The number of nitrogens with zero attached hydrogens (tertiary/aromatic N) is 3. The van der Waals surface area contributed by atoms with E-state index in [-0.39, 0.29) is 6.54 Å². The van der Waals surface area contributed by atoms with E-state index in [0.29, 0.717) is 5.15 Å². The predicted octanol–water partition coefficient (Wildman–Crippen LogP) is 2.24. The van der Waals surface area contributed by atoms with Crippen LogP contribution in [0.25, 0.3) is 22.0 Å². The number of benzene rings is 1. The first-order valence-corrected chi connectivity index (χ1v) is 6.38. The number of fused-ring (bicyclic) bond motifs is 1. The van der Waals surface area contributed by atoms with Gasteiger partial charge in [0, 0.05) is 17.1 Å². The van der Waals surface area contributed by atoms with E-state index in [1.807, 2.05) is 30.3 Å². The highest BCUT2D eigenvalue weighted by Crippen LogP contribution is 2.28. The largest absolute Gasteiger partial charge is 0.368 e. The third kappa shape index (κ3) is 2.23. The second-order valence-electron chi connectivity index (χ2n) is 4.38. The normalized spacial score (nSPS) is 10.8. The van der Waals surface area contributed by atoms with E-state index in [2.05, 4.69) is 10.1 Å². The molecule has 0 spiro atoms. The van der Waals surface area contributed by atoms with Crippen molar-refractivity contribution in [2.24, 2.45) is 5.73 Å². The maximum Gasteiger partial charge on any atom is 0.239 e. The molecular formula is C14H11ClN4O. The van der Waals surface area contributed by atoms with Crippen LogP contribution >= 0.6 is 11.6 Å². The minimum atomic E-state index is -0.431. The molecule has 2 aromatic heterocycles. The molecule has 0 unspecified atom stereocenters. The van der Waals surface area contributed by atoms with Crippen molar-refractivity contribution in [3.05, 3.63) is 47.9 Å². The second-order valence-corrected chi connectivity index (χ2v) is 4.74. The Labute approximate surface area is 120 Å². The zero-order valence-electron chi connectivity index (χ0n) is 10.5. The van der Waals surface area contributed by atoms with Gasteiger partial charge in [-0.05, 0) is 23.8 Å². The first-order chi connectivity index (χ1) is 9.65. The number of primary amides is 1. The van der Waals surface area contributed by atoms with Crippen molar-refractivity contribution in [2.75, 3.05) is 0 Å². The topological polar surface area (TPSA) is 73.8 Å². The van der Waals surface area contributed by atoms with E-state index >= 15 is 0 Å². The van der Waals surface area contributed by atoms with Gasteiger partial charge in [0.15, 0.2) is 0 Å². The molecule has 1 aromatic carbocycles. The highest BCUT2D eigenvalue weighted by Gasteiger charge is 2.09. The van der Waals surface area contributed by atoms with Crippen molar-refractivity contribution in [1.82, 2.24) is 14.8 Å². The summed E-state index contributed by atoms with van der Waals surface area (Å²) in [6, 6.07) is 9.52. The molecule has 0 aliphatic carbocycles. The van der Waals surface area contributed by atoms with Gasteiger partial charge in [0.05, 0.1) is 11.7 Å². The van der Waals surface area contributed by atoms with Crippen LogP contribution in [0.1, 0.15) is 0 Å². The smallest absolute Gasteiger partial charge is 0.239 e. The van der Waals surface area contributed by atoms with Crippen molar-refractivity contribution in [3.63, 3.8) is 0 Å². The number of rotatable bonds is 3. The SMILES string of the molecule is NC(=O)Cn1ncc2ccc(-c3cccnc3Cl)cc21. The van der Waals surface area contributed by atoms with E-state index in [9.17, 15) is 4.79 Å². The second kappa shape index (κ2) is 4.94. The van der Waals surface area contributed by atoms with Gasteiger partial charge in [-0.1, -0.05) is 23.7 Å². The molecule has 3 aromatic rings. The summed E-state index contributed by atoms with van der Waals surface area (Å²) in [6.07, 6.45) is 3.34. The molecule has 5 nitrogen and oxygen atoms in total. The summed E-state index contributed by atoms with van der Waals surface area (Å²) in [5.41, 5.74) is 7.81. The Hall–Kier alpha value is -2.40. The number of carbonyl (C=O) groups excluding carboxylic acids is 1. The van der Waals surface area contributed by atoms with E-state index in [1.165, 1.54) is 0 Å². The van der Waals surface area contributed by atoms with Gasteiger partial charge >= 0.3 is 0 Å². The Morgan fingerprint density at radius 1 is 1.35 bits per heavy atom. The maximum absolute atomic E-state index is 11.0. The zero-order chi connectivity index (χ0) is 14.1. The maximum atomic E-state index is 11.0. The van der Waals surface area contributed by atoms with Crippen LogP contribution < -0.4 is 5.73 Å². The monoisotopic (exact) mass is 286 g/mol. The van der Waals surface area contributed by atoms with Gasteiger partial charge < -0.3 is 5.73 Å². The van der Waals surface area contributed by atoms with Crippen molar-refractivity contribution < 1.29 is 4.79 Å². The average Bonchev–Trinajstić information content (AvgIpc) is 2.81. The van der Waals surface area contributed by atoms with Crippen LogP contribution in [-0.2, 0) is 11.3 Å². The molecule has 2 heterocycles. The summed E-state index contributed by atoms with van der Waals surface area (Å²) in [4.78, 5) is 15.1. The van der Waals surface area contributed by atoms with Crippen molar-refractivity contribution in [3.8, 4) is 11.1 Å². The molecule has 0 saturated heterocycles. The molecule has 6 heteroatoms. The number of halogens is 1. The van der Waals surface area contributed by atoms with E-state index in [0.717, 1.165) is 22.0 Å². The lowest BCUT2D eigenvalue weighted by Gasteiger charge is -2.05. The molecule has 0 aliphatic heterocycles. The lowest BCUT2D eigenvalue weighted by atomic mass is 10.1. The van der Waals surface area contributed by atoms with Gasteiger partial charge in [0.1, 0.15) is 11.7 Å². The molecular weight excluding hydrogens is 276 g/mol. The summed E-state index contributed by atoms with van der Waals surface area (Å²) < 4.78 is 1.57. The third-order valence-electron chi connectivity index (χ3n) is 3.02. The Morgan fingerprint density at radius 2 is 2.20 bits per heavy atom. The predicted molar refractivity (Wildman–Crippen MR) is 77.2 cm³/mol. The summed E-state index contributed by atoms with van der Waals surface area (Å²) in [5.74, 6) is -0.431. The number of hydrogen-bond acceptors (Lipinski definition) is 3. The summed E-state index contributed by atoms with van der Waals surface area (Å²) in [6.45, 7) is 0.0493. The van der Waals surface area contributed by atoms with Crippen LogP contribution in [0.5, 0.6) is 0 Å². The molecule has 0 atom stereocenters. The van der Waals surface area contributed by atoms with Gasteiger partial charge in [-0.25, -0.2) is 4.98 Å². The van der Waals surface area contributed by atoms with Gasteiger partial charge in [0.25, 0.3) is 0 Å². The average molecular weight is 287 g/mol. The van der Waals surface area contributed by atoms with Gasteiger partial charge in [-0.15, -0.1) is 0 Å². The molecule has 0 saturated carbocycles. The summed E-state index contributed by atoms with van der Waals surface area (Å²) in [5, 5.41) is 5.54. The minimum absolute atomic E-state index is 0.0493. The number of pyridine rings is 1. The fourth-order valence-corrected chi connectivity index (χ4v) is 2.34. The lowest BCUT2D eigenvalue weighted by molar-refractivity contribution is -0.118. The standard InChI is InChI=1S/C14H11ClN4O/c15-14-11(2-1-5-17-14)9-3-4-10-7-18-19(8-13(16)20)12(10)6-9/h1-7H,8H2,(H2,16,20). The first kappa shape index (κ1) is 12.6. The van der Waals surface area contributed by atoms with E-state index in [4.69, 9.17) is 17.3 Å². The van der Waals surface area contributed by atoms with Crippen LogP contribution in [0.15, 0.2) is 42.7 Å². The highest BCUT2D eigenvalue weighted by atomic mass is 35.5. The molecule has 0 bridgehead atoms. The molecule has 2 N–H and O–H groups in total. The Kier molecular flexibility index (Phi) is 3.12. The number of aromatic nitrogens is 3. The van der Waals surface area contributed by atoms with Crippen molar-refractivity contribution >= 4 is 28.4 Å².